The van der Waals surface area contributed by atoms with Crippen LogP contribution in [-0.2, 0) is 12.7 Å². The lowest BCUT2D eigenvalue weighted by atomic mass is 10.1. The molecule has 2 unspecified atom stereocenters. The smallest absolute Gasteiger partial charge is 0.421 e. The Labute approximate surface area is 225 Å². The molecule has 0 radical (unpaired) electrons. The number of benzene rings is 2. The summed E-state index contributed by atoms with van der Waals surface area (Å²) in [4.78, 5) is 22.1. The molecule has 2 bridgehead atoms. The van der Waals surface area contributed by atoms with Crippen molar-refractivity contribution in [2.24, 2.45) is 0 Å². The van der Waals surface area contributed by atoms with Gasteiger partial charge in [-0.3, -0.25) is 4.79 Å². The van der Waals surface area contributed by atoms with Gasteiger partial charge in [-0.15, -0.1) is 0 Å². The second-order valence-corrected chi connectivity index (χ2v) is 9.83. The Morgan fingerprint density at radius 1 is 1.05 bits per heavy atom. The van der Waals surface area contributed by atoms with E-state index in [-0.39, 0.29) is 35.2 Å². The highest BCUT2D eigenvalue weighted by molar-refractivity contribution is 6.04. The molecule has 1 amide bonds. The van der Waals surface area contributed by atoms with Crippen molar-refractivity contribution in [3.8, 4) is 5.75 Å². The van der Waals surface area contributed by atoms with Gasteiger partial charge in [-0.05, 0) is 36.6 Å². The lowest BCUT2D eigenvalue weighted by molar-refractivity contribution is -0.137. The Kier molecular flexibility index (Phi) is 6.56. The van der Waals surface area contributed by atoms with Crippen LogP contribution in [0.5, 0.6) is 5.75 Å². The molecule has 0 aliphatic carbocycles. The maximum absolute atomic E-state index is 13.8. The summed E-state index contributed by atoms with van der Waals surface area (Å²) >= 11 is 0. The van der Waals surface area contributed by atoms with Crippen LogP contribution in [0.3, 0.4) is 0 Å². The van der Waals surface area contributed by atoms with Gasteiger partial charge < -0.3 is 30.9 Å². The van der Waals surface area contributed by atoms with E-state index in [1.54, 1.807) is 18.2 Å². The van der Waals surface area contributed by atoms with Gasteiger partial charge in [-0.1, -0.05) is 12.1 Å². The number of carbonyl (C=O) groups excluding carboxylic acids is 1. The molecular weight excluding hydrogens is 537 g/mol. The van der Waals surface area contributed by atoms with Crippen LogP contribution in [-0.4, -0.2) is 47.7 Å². The van der Waals surface area contributed by atoms with Crippen molar-refractivity contribution in [2.75, 3.05) is 28.6 Å². The number of piperazine rings is 1. The van der Waals surface area contributed by atoms with Crippen molar-refractivity contribution in [1.29, 1.82) is 0 Å². The zero-order chi connectivity index (χ0) is 28.0. The van der Waals surface area contributed by atoms with Crippen molar-refractivity contribution in [3.05, 3.63) is 59.3 Å². The van der Waals surface area contributed by atoms with E-state index in [1.165, 1.54) is 18.2 Å². The summed E-state index contributed by atoms with van der Waals surface area (Å²) in [7, 11) is 0. The standard InChI is InChI=1S/C26H24F5N7O2/c27-24(28)40-20-8-16(38-11-14-4-5-15(12-38)34-14)6-7-18(20)36-25-33-10-17(26(29,30)31)22(37-25)35-19-3-1-2-13-9-32-23(39)21(13)19/h1-3,6-8,10,14-15,24,34H,4-5,9,11-12H2,(H,32,39)(H2,33,35,36,37). The highest BCUT2D eigenvalue weighted by atomic mass is 19.4. The van der Waals surface area contributed by atoms with E-state index in [1.807, 2.05) is 0 Å². The third-order valence-electron chi connectivity index (χ3n) is 7.17. The molecule has 14 heteroatoms. The second-order valence-electron chi connectivity index (χ2n) is 9.83. The highest BCUT2D eigenvalue weighted by Gasteiger charge is 2.36. The van der Waals surface area contributed by atoms with E-state index in [9.17, 15) is 26.7 Å². The number of ether oxygens (including phenoxy) is 1. The van der Waals surface area contributed by atoms with Crippen molar-refractivity contribution >= 4 is 34.7 Å². The molecule has 1 aromatic heterocycles. The number of rotatable bonds is 7. The molecule has 3 aromatic rings. The number of hydrogen-bond donors (Lipinski definition) is 4. The molecule has 2 saturated heterocycles. The van der Waals surface area contributed by atoms with Gasteiger partial charge in [0.25, 0.3) is 5.91 Å². The van der Waals surface area contributed by atoms with E-state index in [0.29, 0.717) is 29.5 Å². The molecule has 210 valence electrons. The monoisotopic (exact) mass is 561 g/mol. The number of fused-ring (bicyclic) bond motifs is 3. The first-order valence-corrected chi connectivity index (χ1v) is 12.6. The number of amides is 1. The van der Waals surface area contributed by atoms with Crippen molar-refractivity contribution < 1.29 is 31.5 Å². The quantitative estimate of drug-likeness (QED) is 0.306. The molecular formula is C26H24F5N7O2. The van der Waals surface area contributed by atoms with E-state index in [4.69, 9.17) is 4.74 Å². The fourth-order valence-electron chi connectivity index (χ4n) is 5.39. The van der Waals surface area contributed by atoms with Crippen LogP contribution in [0.2, 0.25) is 0 Å². The third kappa shape index (κ3) is 5.18. The van der Waals surface area contributed by atoms with E-state index < -0.39 is 30.1 Å². The van der Waals surface area contributed by atoms with Crippen molar-refractivity contribution in [1.82, 2.24) is 20.6 Å². The first kappa shape index (κ1) is 26.0. The minimum absolute atomic E-state index is 0.0489. The average Bonchev–Trinajstić information content (AvgIpc) is 3.45. The molecule has 2 atom stereocenters. The maximum atomic E-state index is 13.8. The van der Waals surface area contributed by atoms with Gasteiger partial charge in [0.05, 0.1) is 16.9 Å². The average molecular weight is 562 g/mol. The summed E-state index contributed by atoms with van der Waals surface area (Å²) in [5.41, 5.74) is 0.551. The fraction of sp³-hybridized carbons (Fsp3) is 0.346. The lowest BCUT2D eigenvalue weighted by Gasteiger charge is -2.35. The van der Waals surface area contributed by atoms with Gasteiger partial charge in [0, 0.05) is 49.7 Å². The third-order valence-corrected chi connectivity index (χ3v) is 7.17. The Morgan fingerprint density at radius 3 is 2.55 bits per heavy atom. The molecule has 0 saturated carbocycles. The zero-order valence-electron chi connectivity index (χ0n) is 20.9. The molecule has 0 spiro atoms. The molecule has 3 aliphatic heterocycles. The molecule has 40 heavy (non-hydrogen) atoms. The summed E-state index contributed by atoms with van der Waals surface area (Å²) in [6.07, 6.45) is -2.15. The highest BCUT2D eigenvalue weighted by Crippen LogP contribution is 2.38. The topological polar surface area (TPSA) is 103 Å². The lowest BCUT2D eigenvalue weighted by Crippen LogP contribution is -2.51. The fourth-order valence-corrected chi connectivity index (χ4v) is 5.39. The molecule has 4 N–H and O–H groups in total. The number of aromatic nitrogens is 2. The van der Waals surface area contributed by atoms with Gasteiger partial charge >= 0.3 is 12.8 Å². The van der Waals surface area contributed by atoms with Crippen LogP contribution in [0, 0.1) is 0 Å². The molecule has 9 nitrogen and oxygen atoms in total. The molecule has 3 aliphatic rings. The predicted octanol–water partition coefficient (Wildman–Crippen LogP) is 4.77. The molecule has 2 fully saturated rings. The van der Waals surface area contributed by atoms with E-state index in [2.05, 4.69) is 36.1 Å². The van der Waals surface area contributed by atoms with Crippen LogP contribution in [0.4, 0.5) is 50.8 Å². The first-order chi connectivity index (χ1) is 19.1. The van der Waals surface area contributed by atoms with E-state index in [0.717, 1.165) is 25.9 Å². The first-order valence-electron chi connectivity index (χ1n) is 12.6. The SMILES string of the molecule is O=C1NCc2cccc(Nc3nc(Nc4ccc(N5CC6CCC(C5)N6)cc4OC(F)F)ncc3C(F)(F)F)c21. The Balaban J connectivity index is 1.31. The van der Waals surface area contributed by atoms with Crippen LogP contribution in [0.25, 0.3) is 0 Å². The normalized spacial score (nSPS) is 19.9. The van der Waals surface area contributed by atoms with Crippen molar-refractivity contribution in [2.45, 2.75) is 44.3 Å². The van der Waals surface area contributed by atoms with Crippen molar-refractivity contribution in [3.63, 3.8) is 0 Å². The second kappa shape index (κ2) is 10.1. The Morgan fingerprint density at radius 2 is 1.82 bits per heavy atom. The van der Waals surface area contributed by atoms with Crippen LogP contribution in [0.15, 0.2) is 42.6 Å². The summed E-state index contributed by atoms with van der Waals surface area (Å²) in [6, 6.07) is 10.1. The number of nitrogens with one attached hydrogen (secondary N) is 4. The largest absolute Gasteiger partial charge is 0.433 e. The zero-order valence-corrected chi connectivity index (χ0v) is 20.9. The summed E-state index contributed by atoms with van der Waals surface area (Å²) < 4.78 is 72.8. The number of anilines is 5. The summed E-state index contributed by atoms with van der Waals surface area (Å²) in [5.74, 6) is -1.53. The minimum atomic E-state index is -4.81. The number of carbonyl (C=O) groups is 1. The van der Waals surface area contributed by atoms with Gasteiger partial charge in [-0.2, -0.15) is 26.9 Å². The van der Waals surface area contributed by atoms with Gasteiger partial charge in [0.15, 0.2) is 5.75 Å². The number of alkyl halides is 5. The van der Waals surface area contributed by atoms with Crippen LogP contribution >= 0.6 is 0 Å². The number of halogens is 5. The molecule has 4 heterocycles. The minimum Gasteiger partial charge on any atom is -0.433 e. The Hall–Kier alpha value is -4.20. The van der Waals surface area contributed by atoms with E-state index >= 15 is 0 Å². The predicted molar refractivity (Wildman–Crippen MR) is 136 cm³/mol. The van der Waals surface area contributed by atoms with Gasteiger partial charge in [0.2, 0.25) is 5.95 Å². The summed E-state index contributed by atoms with van der Waals surface area (Å²) in [5, 5.41) is 11.5. The van der Waals surface area contributed by atoms with Gasteiger partial charge in [0.1, 0.15) is 11.4 Å². The molecule has 6 rings (SSSR count). The van der Waals surface area contributed by atoms with Gasteiger partial charge in [-0.25, -0.2) is 4.98 Å². The van der Waals surface area contributed by atoms with Crippen LogP contribution in [0.1, 0.15) is 34.3 Å². The number of hydrogen-bond acceptors (Lipinski definition) is 8. The Bertz CT molecular complexity index is 1440. The molecule has 2 aromatic carbocycles. The maximum Gasteiger partial charge on any atom is 0.421 e. The number of nitrogens with zero attached hydrogens (tertiary/aromatic N) is 3. The summed E-state index contributed by atoms with van der Waals surface area (Å²) in [6.45, 7) is -1.44. The van der Waals surface area contributed by atoms with Crippen LogP contribution < -0.4 is 30.9 Å².